The topological polar surface area (TPSA) is 38.1 Å². The van der Waals surface area contributed by atoms with E-state index in [-0.39, 0.29) is 0 Å². The second-order valence-electron chi connectivity index (χ2n) is 3.01. The highest BCUT2D eigenvalue weighted by Gasteiger charge is 2.03. The third kappa shape index (κ3) is 1.37. The van der Waals surface area contributed by atoms with Crippen molar-refractivity contribution in [3.63, 3.8) is 0 Å². The summed E-state index contributed by atoms with van der Waals surface area (Å²) in [5.74, 6) is 0. The van der Waals surface area contributed by atoms with E-state index < -0.39 is 0 Å². The molecule has 0 aliphatic carbocycles. The van der Waals surface area contributed by atoms with Crippen LogP contribution in [0.15, 0.2) is 22.7 Å². The van der Waals surface area contributed by atoms with Crippen LogP contribution in [0.4, 0.5) is 5.69 Å². The molecule has 0 unspecified atom stereocenters. The number of aryl methyl sites for hydroxylation is 1. The molecule has 0 saturated heterocycles. The van der Waals surface area contributed by atoms with Gasteiger partial charge in [0.2, 0.25) is 0 Å². The van der Waals surface area contributed by atoms with Gasteiger partial charge in [-0.05, 0) is 26.0 Å². The number of fused-ring (bicyclic) bond motifs is 1. The van der Waals surface area contributed by atoms with E-state index in [4.69, 9.17) is 4.52 Å². The Kier molecular flexibility index (Phi) is 1.93. The first-order valence-electron chi connectivity index (χ1n) is 4.41. The lowest BCUT2D eigenvalue weighted by Gasteiger charge is -2.00. The number of hydrogen-bond donors (Lipinski definition) is 1. The van der Waals surface area contributed by atoms with Gasteiger partial charge in [-0.15, -0.1) is 0 Å². The molecule has 2 rings (SSSR count). The van der Waals surface area contributed by atoms with E-state index in [0.29, 0.717) is 0 Å². The molecule has 13 heavy (non-hydrogen) atoms. The Morgan fingerprint density at radius 1 is 1.46 bits per heavy atom. The minimum absolute atomic E-state index is 0.843. The van der Waals surface area contributed by atoms with Gasteiger partial charge < -0.3 is 9.84 Å². The third-order valence-electron chi connectivity index (χ3n) is 2.03. The van der Waals surface area contributed by atoms with E-state index in [1.165, 1.54) is 0 Å². The van der Waals surface area contributed by atoms with Gasteiger partial charge in [-0.1, -0.05) is 5.16 Å². The highest BCUT2D eigenvalue weighted by Crippen LogP contribution is 2.21. The van der Waals surface area contributed by atoms with Gasteiger partial charge in [-0.25, -0.2) is 0 Å². The fraction of sp³-hybridized carbons (Fsp3) is 0.300. The Labute approximate surface area is 76.7 Å². The molecule has 1 aromatic carbocycles. The van der Waals surface area contributed by atoms with Crippen LogP contribution in [0.5, 0.6) is 0 Å². The molecule has 0 aliphatic rings. The largest absolute Gasteiger partial charge is 0.385 e. The summed E-state index contributed by atoms with van der Waals surface area (Å²) in [5.41, 5.74) is 2.86. The highest BCUT2D eigenvalue weighted by molar-refractivity contribution is 5.82. The lowest BCUT2D eigenvalue weighted by atomic mass is 10.2. The monoisotopic (exact) mass is 176 g/mol. The number of hydrogen-bond acceptors (Lipinski definition) is 3. The zero-order valence-electron chi connectivity index (χ0n) is 7.79. The van der Waals surface area contributed by atoms with E-state index >= 15 is 0 Å². The van der Waals surface area contributed by atoms with Crippen molar-refractivity contribution in [2.45, 2.75) is 13.8 Å². The van der Waals surface area contributed by atoms with Gasteiger partial charge in [0.1, 0.15) is 0 Å². The Bertz CT molecular complexity index is 420. The first-order chi connectivity index (χ1) is 6.31. The standard InChI is InChI=1S/C10H12N2O/c1-3-11-8-4-5-9-7(2)12-13-10(9)6-8/h4-6,11H,3H2,1-2H3. The summed E-state index contributed by atoms with van der Waals surface area (Å²) >= 11 is 0. The minimum atomic E-state index is 0.843. The number of rotatable bonds is 2. The predicted octanol–water partition coefficient (Wildman–Crippen LogP) is 2.57. The van der Waals surface area contributed by atoms with Crippen molar-refractivity contribution in [1.82, 2.24) is 5.16 Å². The van der Waals surface area contributed by atoms with Crippen molar-refractivity contribution >= 4 is 16.7 Å². The second-order valence-corrected chi connectivity index (χ2v) is 3.01. The van der Waals surface area contributed by atoms with Crippen LogP contribution in [0, 0.1) is 6.92 Å². The predicted molar refractivity (Wildman–Crippen MR) is 52.9 cm³/mol. The fourth-order valence-electron chi connectivity index (χ4n) is 1.38. The van der Waals surface area contributed by atoms with Gasteiger partial charge >= 0.3 is 0 Å². The summed E-state index contributed by atoms with van der Waals surface area (Å²) in [4.78, 5) is 0. The van der Waals surface area contributed by atoms with Crippen molar-refractivity contribution in [3.8, 4) is 0 Å². The van der Waals surface area contributed by atoms with Crippen LogP contribution in [0.1, 0.15) is 12.6 Å². The number of anilines is 1. The van der Waals surface area contributed by atoms with Crippen LogP contribution < -0.4 is 5.32 Å². The van der Waals surface area contributed by atoms with Gasteiger partial charge in [0.05, 0.1) is 5.69 Å². The van der Waals surface area contributed by atoms with Crippen molar-refractivity contribution < 1.29 is 4.52 Å². The summed E-state index contributed by atoms with van der Waals surface area (Å²) in [5, 5.41) is 8.20. The van der Waals surface area contributed by atoms with Crippen LogP contribution in [0.25, 0.3) is 11.0 Å². The zero-order valence-corrected chi connectivity index (χ0v) is 7.79. The molecular weight excluding hydrogens is 164 g/mol. The Morgan fingerprint density at radius 3 is 3.08 bits per heavy atom. The molecule has 0 saturated carbocycles. The van der Waals surface area contributed by atoms with E-state index in [0.717, 1.165) is 28.9 Å². The number of benzene rings is 1. The zero-order chi connectivity index (χ0) is 9.26. The average Bonchev–Trinajstić information content (AvgIpc) is 2.48. The molecule has 0 radical (unpaired) electrons. The highest BCUT2D eigenvalue weighted by atomic mass is 16.5. The molecule has 3 heteroatoms. The Hall–Kier alpha value is -1.51. The Balaban J connectivity index is 2.50. The summed E-state index contributed by atoms with van der Waals surface area (Å²) in [6.07, 6.45) is 0. The van der Waals surface area contributed by atoms with Crippen LogP contribution in [0.2, 0.25) is 0 Å². The first kappa shape index (κ1) is 8.10. The van der Waals surface area contributed by atoms with Crippen molar-refractivity contribution in [1.29, 1.82) is 0 Å². The molecule has 0 fully saturated rings. The van der Waals surface area contributed by atoms with Crippen molar-refractivity contribution in [2.75, 3.05) is 11.9 Å². The molecule has 2 aromatic rings. The molecule has 1 N–H and O–H groups in total. The summed E-state index contributed by atoms with van der Waals surface area (Å²) in [6.45, 7) is 4.92. The van der Waals surface area contributed by atoms with E-state index in [9.17, 15) is 0 Å². The van der Waals surface area contributed by atoms with Gasteiger partial charge in [0.25, 0.3) is 0 Å². The number of nitrogens with one attached hydrogen (secondary N) is 1. The van der Waals surface area contributed by atoms with E-state index in [2.05, 4.69) is 17.4 Å². The first-order valence-corrected chi connectivity index (χ1v) is 4.41. The van der Waals surface area contributed by atoms with Gasteiger partial charge in [-0.2, -0.15) is 0 Å². The number of aromatic nitrogens is 1. The molecule has 1 aromatic heterocycles. The third-order valence-corrected chi connectivity index (χ3v) is 2.03. The van der Waals surface area contributed by atoms with Crippen LogP contribution >= 0.6 is 0 Å². The van der Waals surface area contributed by atoms with E-state index in [1.807, 2.05) is 25.1 Å². The molecule has 0 spiro atoms. The smallest absolute Gasteiger partial charge is 0.169 e. The molecule has 0 atom stereocenters. The second kappa shape index (κ2) is 3.09. The van der Waals surface area contributed by atoms with Gasteiger partial charge in [0.15, 0.2) is 5.58 Å². The molecule has 0 bridgehead atoms. The molecule has 1 heterocycles. The molecule has 3 nitrogen and oxygen atoms in total. The van der Waals surface area contributed by atoms with Crippen LogP contribution in [-0.2, 0) is 0 Å². The quantitative estimate of drug-likeness (QED) is 0.764. The maximum absolute atomic E-state index is 5.15. The summed E-state index contributed by atoms with van der Waals surface area (Å²) < 4.78 is 5.15. The van der Waals surface area contributed by atoms with Crippen LogP contribution in [-0.4, -0.2) is 11.7 Å². The Morgan fingerprint density at radius 2 is 2.31 bits per heavy atom. The van der Waals surface area contributed by atoms with Gasteiger partial charge in [0, 0.05) is 23.7 Å². The lowest BCUT2D eigenvalue weighted by Crippen LogP contribution is -1.95. The molecule has 0 amide bonds. The fourth-order valence-corrected chi connectivity index (χ4v) is 1.38. The van der Waals surface area contributed by atoms with E-state index in [1.54, 1.807) is 0 Å². The van der Waals surface area contributed by atoms with Crippen molar-refractivity contribution in [3.05, 3.63) is 23.9 Å². The minimum Gasteiger partial charge on any atom is -0.385 e. The van der Waals surface area contributed by atoms with Gasteiger partial charge in [-0.3, -0.25) is 0 Å². The molecule has 0 aliphatic heterocycles. The SMILES string of the molecule is CCNc1ccc2c(C)noc2c1. The number of nitrogens with zero attached hydrogens (tertiary/aromatic N) is 1. The maximum Gasteiger partial charge on any atom is 0.169 e. The molecule has 68 valence electrons. The lowest BCUT2D eigenvalue weighted by molar-refractivity contribution is 0.450. The molecular formula is C10H12N2O. The normalized spacial score (nSPS) is 10.6. The average molecular weight is 176 g/mol. The maximum atomic E-state index is 5.15. The summed E-state index contributed by atoms with van der Waals surface area (Å²) in [7, 11) is 0. The summed E-state index contributed by atoms with van der Waals surface area (Å²) in [6, 6.07) is 6.04. The van der Waals surface area contributed by atoms with Crippen LogP contribution in [0.3, 0.4) is 0 Å². The van der Waals surface area contributed by atoms with Crippen molar-refractivity contribution in [2.24, 2.45) is 0 Å².